The van der Waals surface area contributed by atoms with Gasteiger partial charge in [-0.05, 0) is 52.9 Å². The van der Waals surface area contributed by atoms with E-state index >= 15 is 0 Å². The molecular weight excluding hydrogens is 384 g/mol. The highest BCUT2D eigenvalue weighted by atomic mass is 35.5. The highest BCUT2D eigenvalue weighted by molar-refractivity contribution is 7.07. The summed E-state index contributed by atoms with van der Waals surface area (Å²) in [6, 6.07) is 7.46. The number of carbonyl (C=O) groups is 1. The van der Waals surface area contributed by atoms with Crippen molar-refractivity contribution in [3.63, 3.8) is 0 Å². The van der Waals surface area contributed by atoms with Gasteiger partial charge in [-0.1, -0.05) is 19.4 Å². The van der Waals surface area contributed by atoms with E-state index in [1.807, 2.05) is 41.5 Å². The summed E-state index contributed by atoms with van der Waals surface area (Å²) in [4.78, 5) is 14.6. The number of nitrogens with two attached hydrogens (primary N) is 1. The molecule has 2 N–H and O–H groups in total. The van der Waals surface area contributed by atoms with Crippen molar-refractivity contribution in [2.45, 2.75) is 38.8 Å². The predicted octanol–water partition coefficient (Wildman–Crippen LogP) is 3.89. The van der Waals surface area contributed by atoms with E-state index in [0.29, 0.717) is 31.0 Å². The molecule has 0 saturated carbocycles. The van der Waals surface area contributed by atoms with Crippen LogP contribution in [0.4, 0.5) is 0 Å². The molecule has 0 aliphatic carbocycles. The lowest BCUT2D eigenvalue weighted by Gasteiger charge is -2.25. The van der Waals surface area contributed by atoms with Gasteiger partial charge in [0.15, 0.2) is 11.5 Å². The molecular formula is C20H29ClN2O3S. The molecule has 0 spiro atoms. The molecule has 1 aromatic heterocycles. The molecule has 0 fully saturated rings. The van der Waals surface area contributed by atoms with Crippen molar-refractivity contribution in [2.75, 3.05) is 20.8 Å². The largest absolute Gasteiger partial charge is 0.493 e. The van der Waals surface area contributed by atoms with Crippen molar-refractivity contribution in [3.05, 3.63) is 46.2 Å². The number of hydrogen-bond donors (Lipinski definition) is 1. The number of hydrogen-bond acceptors (Lipinski definition) is 5. The van der Waals surface area contributed by atoms with E-state index in [0.717, 1.165) is 24.0 Å². The number of carbonyl (C=O) groups excluding carboxylic acids is 1. The van der Waals surface area contributed by atoms with Crippen LogP contribution in [0.2, 0.25) is 0 Å². The van der Waals surface area contributed by atoms with Gasteiger partial charge in [-0.2, -0.15) is 11.3 Å². The molecule has 7 heteroatoms. The fraction of sp³-hybridized carbons (Fsp3) is 0.450. The summed E-state index contributed by atoms with van der Waals surface area (Å²) in [6.45, 7) is 3.24. The van der Waals surface area contributed by atoms with Crippen molar-refractivity contribution in [3.8, 4) is 11.5 Å². The van der Waals surface area contributed by atoms with Crippen LogP contribution in [-0.2, 0) is 17.8 Å². The zero-order valence-electron chi connectivity index (χ0n) is 16.1. The Labute approximate surface area is 171 Å². The summed E-state index contributed by atoms with van der Waals surface area (Å²) >= 11 is 1.64. The van der Waals surface area contributed by atoms with E-state index in [4.69, 9.17) is 15.2 Å². The van der Waals surface area contributed by atoms with Crippen LogP contribution in [-0.4, -0.2) is 37.6 Å². The Morgan fingerprint density at radius 3 is 2.52 bits per heavy atom. The molecule has 0 radical (unpaired) electrons. The summed E-state index contributed by atoms with van der Waals surface area (Å²) in [6.07, 6.45) is 2.33. The average molecular weight is 413 g/mol. The highest BCUT2D eigenvalue weighted by Gasteiger charge is 2.21. The van der Waals surface area contributed by atoms with E-state index in [-0.39, 0.29) is 18.3 Å². The van der Waals surface area contributed by atoms with E-state index in [2.05, 4.69) is 5.38 Å². The van der Waals surface area contributed by atoms with Crippen LogP contribution in [0.3, 0.4) is 0 Å². The summed E-state index contributed by atoms with van der Waals surface area (Å²) in [5.41, 5.74) is 8.32. The van der Waals surface area contributed by atoms with Crippen LogP contribution in [0, 0.1) is 0 Å². The van der Waals surface area contributed by atoms with Crippen molar-refractivity contribution < 1.29 is 14.3 Å². The molecule has 2 rings (SSSR count). The number of methoxy groups -OCH3 is 2. The number of nitrogens with zero attached hydrogens (tertiary/aromatic N) is 1. The number of rotatable bonds is 10. The molecule has 0 bridgehead atoms. The third-order valence-corrected chi connectivity index (χ3v) is 5.03. The van der Waals surface area contributed by atoms with Gasteiger partial charge >= 0.3 is 0 Å². The van der Waals surface area contributed by atoms with E-state index in [9.17, 15) is 4.79 Å². The summed E-state index contributed by atoms with van der Waals surface area (Å²) < 4.78 is 10.6. The molecule has 1 aromatic carbocycles. The molecule has 0 saturated heterocycles. The number of benzene rings is 1. The first kappa shape index (κ1) is 23.3. The van der Waals surface area contributed by atoms with Gasteiger partial charge < -0.3 is 20.1 Å². The van der Waals surface area contributed by atoms with Crippen LogP contribution in [0.15, 0.2) is 35.0 Å². The maximum atomic E-state index is 12.8. The van der Waals surface area contributed by atoms with Crippen LogP contribution < -0.4 is 15.2 Å². The lowest BCUT2D eigenvalue weighted by Crippen LogP contribution is -2.44. The molecule has 150 valence electrons. The van der Waals surface area contributed by atoms with Crippen LogP contribution in [0.5, 0.6) is 11.5 Å². The standard InChI is InChI=1S/C20H28N2O3S.ClH/c1-4-5-17(21)20(23)22(13-16-9-11-26-14-16)10-8-15-6-7-18(24-2)19(12-15)25-3;/h6-7,9,11-12,14,17H,4-5,8,10,13,21H2,1-3H3;1H. The molecule has 27 heavy (non-hydrogen) atoms. The van der Waals surface area contributed by atoms with Crippen LogP contribution in [0.25, 0.3) is 0 Å². The molecule has 5 nitrogen and oxygen atoms in total. The van der Waals surface area contributed by atoms with Gasteiger partial charge in [0.2, 0.25) is 5.91 Å². The number of amides is 1. The lowest BCUT2D eigenvalue weighted by atomic mass is 10.1. The smallest absolute Gasteiger partial charge is 0.239 e. The first-order valence-electron chi connectivity index (χ1n) is 8.85. The van der Waals surface area contributed by atoms with Crippen LogP contribution >= 0.6 is 23.7 Å². The Bertz CT molecular complexity index is 695. The van der Waals surface area contributed by atoms with Gasteiger partial charge in [0.05, 0.1) is 20.3 Å². The summed E-state index contributed by atoms with van der Waals surface area (Å²) in [7, 11) is 3.24. The molecule has 0 aliphatic heterocycles. The van der Waals surface area contributed by atoms with Crippen molar-refractivity contribution in [2.24, 2.45) is 5.73 Å². The van der Waals surface area contributed by atoms with Gasteiger partial charge in [-0.25, -0.2) is 0 Å². The van der Waals surface area contributed by atoms with Gasteiger partial charge in [-0.15, -0.1) is 12.4 Å². The Morgan fingerprint density at radius 2 is 1.93 bits per heavy atom. The Hall–Kier alpha value is -1.76. The molecule has 0 aliphatic rings. The van der Waals surface area contributed by atoms with Crippen molar-refractivity contribution in [1.82, 2.24) is 4.90 Å². The normalized spacial score (nSPS) is 11.4. The summed E-state index contributed by atoms with van der Waals surface area (Å²) in [5.74, 6) is 1.41. The third-order valence-electron chi connectivity index (χ3n) is 4.30. The van der Waals surface area contributed by atoms with Gasteiger partial charge in [0, 0.05) is 13.1 Å². The Balaban J connectivity index is 0.00000364. The minimum atomic E-state index is -0.441. The SMILES string of the molecule is CCCC(N)C(=O)N(CCc1ccc(OC)c(OC)c1)Cc1ccsc1.Cl. The summed E-state index contributed by atoms with van der Waals surface area (Å²) in [5, 5.41) is 4.10. The molecule has 1 atom stereocenters. The first-order valence-corrected chi connectivity index (χ1v) is 9.79. The zero-order chi connectivity index (χ0) is 18.9. The number of thiophene rings is 1. The van der Waals surface area contributed by atoms with Crippen molar-refractivity contribution in [1.29, 1.82) is 0 Å². The molecule has 1 heterocycles. The lowest BCUT2D eigenvalue weighted by molar-refractivity contribution is -0.133. The van der Waals surface area contributed by atoms with Crippen molar-refractivity contribution >= 4 is 29.7 Å². The van der Waals surface area contributed by atoms with E-state index in [1.54, 1.807) is 25.6 Å². The minimum Gasteiger partial charge on any atom is -0.493 e. The quantitative estimate of drug-likeness (QED) is 0.643. The predicted molar refractivity (Wildman–Crippen MR) is 113 cm³/mol. The second-order valence-corrected chi connectivity index (χ2v) is 7.01. The average Bonchev–Trinajstić information content (AvgIpc) is 3.17. The van der Waals surface area contributed by atoms with Gasteiger partial charge in [0.1, 0.15) is 0 Å². The van der Waals surface area contributed by atoms with Crippen LogP contribution in [0.1, 0.15) is 30.9 Å². The minimum absolute atomic E-state index is 0. The zero-order valence-corrected chi connectivity index (χ0v) is 17.8. The monoisotopic (exact) mass is 412 g/mol. The molecule has 1 amide bonds. The fourth-order valence-electron chi connectivity index (χ4n) is 2.84. The second-order valence-electron chi connectivity index (χ2n) is 6.23. The number of halogens is 1. The molecule has 1 unspecified atom stereocenters. The van der Waals surface area contributed by atoms with E-state index in [1.165, 1.54) is 0 Å². The maximum absolute atomic E-state index is 12.8. The molecule has 2 aromatic rings. The Kier molecular flexibility index (Phi) is 10.2. The topological polar surface area (TPSA) is 64.8 Å². The van der Waals surface area contributed by atoms with Gasteiger partial charge in [-0.3, -0.25) is 4.79 Å². The fourth-order valence-corrected chi connectivity index (χ4v) is 3.50. The van der Waals surface area contributed by atoms with Gasteiger partial charge in [0.25, 0.3) is 0 Å². The first-order chi connectivity index (χ1) is 12.6. The number of ether oxygens (including phenoxy) is 2. The second kappa shape index (κ2) is 11.8. The Morgan fingerprint density at radius 1 is 1.19 bits per heavy atom. The third kappa shape index (κ3) is 6.72. The van der Waals surface area contributed by atoms with E-state index < -0.39 is 6.04 Å². The maximum Gasteiger partial charge on any atom is 0.239 e. The highest BCUT2D eigenvalue weighted by Crippen LogP contribution is 2.27.